The Morgan fingerprint density at radius 3 is 2.75 bits per heavy atom. The van der Waals surface area contributed by atoms with Gasteiger partial charge in [0.2, 0.25) is 0 Å². The van der Waals surface area contributed by atoms with Crippen molar-refractivity contribution in [1.82, 2.24) is 9.97 Å². The molecule has 0 atom stereocenters. The van der Waals surface area contributed by atoms with Gasteiger partial charge in [0.25, 0.3) is 0 Å². The molecule has 1 fully saturated rings. The molecule has 4 nitrogen and oxygen atoms in total. The lowest BCUT2D eigenvalue weighted by atomic mass is 10.1. The zero-order chi connectivity index (χ0) is 11.1. The molecule has 1 aliphatic rings. The van der Waals surface area contributed by atoms with E-state index in [9.17, 15) is 4.79 Å². The maximum Gasteiger partial charge on any atom is 0.337 e. The summed E-state index contributed by atoms with van der Waals surface area (Å²) in [5, 5.41) is 9.62. The van der Waals surface area contributed by atoms with Crippen LogP contribution in [0.15, 0.2) is 24.5 Å². The first kappa shape index (κ1) is 9.27. The van der Waals surface area contributed by atoms with Gasteiger partial charge in [0, 0.05) is 29.4 Å². The van der Waals surface area contributed by atoms with Crippen LogP contribution in [-0.4, -0.2) is 21.0 Å². The van der Waals surface area contributed by atoms with Crippen LogP contribution in [0.2, 0.25) is 0 Å². The first-order chi connectivity index (χ1) is 7.74. The quantitative estimate of drug-likeness (QED) is 0.832. The van der Waals surface area contributed by atoms with Crippen molar-refractivity contribution in [3.8, 4) is 0 Å². The standard InChI is InChI=1S/C12H10N2O2/c15-12(16)9-3-8-5-13-10(7-1-2-7)4-11(8)14-6-9/h3-7H,1-2H2,(H,15,16). The minimum atomic E-state index is -0.958. The molecule has 80 valence electrons. The third-order valence-electron chi connectivity index (χ3n) is 2.83. The second kappa shape index (κ2) is 3.27. The minimum absolute atomic E-state index is 0.202. The Hall–Kier alpha value is -1.97. The molecule has 0 aromatic carbocycles. The summed E-state index contributed by atoms with van der Waals surface area (Å²) >= 11 is 0. The molecule has 4 heteroatoms. The van der Waals surface area contributed by atoms with Crippen molar-refractivity contribution in [2.45, 2.75) is 18.8 Å². The third-order valence-corrected chi connectivity index (χ3v) is 2.83. The van der Waals surface area contributed by atoms with E-state index in [-0.39, 0.29) is 5.56 Å². The van der Waals surface area contributed by atoms with Crippen molar-refractivity contribution < 1.29 is 9.90 Å². The Kier molecular flexibility index (Phi) is 1.89. The van der Waals surface area contributed by atoms with Crippen LogP contribution in [0.5, 0.6) is 0 Å². The van der Waals surface area contributed by atoms with Crippen molar-refractivity contribution in [3.05, 3.63) is 35.8 Å². The summed E-state index contributed by atoms with van der Waals surface area (Å²) in [6.45, 7) is 0. The predicted molar refractivity (Wildman–Crippen MR) is 58.5 cm³/mol. The van der Waals surface area contributed by atoms with Crippen LogP contribution in [0.3, 0.4) is 0 Å². The smallest absolute Gasteiger partial charge is 0.337 e. The first-order valence-corrected chi connectivity index (χ1v) is 5.23. The summed E-state index contributed by atoms with van der Waals surface area (Å²) in [4.78, 5) is 19.3. The highest BCUT2D eigenvalue weighted by Gasteiger charge is 2.25. The Morgan fingerprint density at radius 1 is 1.25 bits per heavy atom. The number of aromatic nitrogens is 2. The number of carboxylic acid groups (broad SMARTS) is 1. The van der Waals surface area contributed by atoms with E-state index >= 15 is 0 Å². The molecule has 16 heavy (non-hydrogen) atoms. The van der Waals surface area contributed by atoms with Gasteiger partial charge in [0.1, 0.15) is 0 Å². The largest absolute Gasteiger partial charge is 0.478 e. The van der Waals surface area contributed by atoms with Crippen LogP contribution < -0.4 is 0 Å². The van der Waals surface area contributed by atoms with Crippen LogP contribution in [0.25, 0.3) is 10.9 Å². The van der Waals surface area contributed by atoms with Crippen molar-refractivity contribution in [1.29, 1.82) is 0 Å². The van der Waals surface area contributed by atoms with Gasteiger partial charge in [0.15, 0.2) is 0 Å². The highest BCUT2D eigenvalue weighted by atomic mass is 16.4. The molecule has 0 saturated heterocycles. The maximum absolute atomic E-state index is 10.8. The number of fused-ring (bicyclic) bond motifs is 1. The molecule has 0 bridgehead atoms. The van der Waals surface area contributed by atoms with Crippen LogP contribution in [0, 0.1) is 0 Å². The van der Waals surface area contributed by atoms with Crippen LogP contribution >= 0.6 is 0 Å². The summed E-state index contributed by atoms with van der Waals surface area (Å²) in [7, 11) is 0. The summed E-state index contributed by atoms with van der Waals surface area (Å²) in [5.74, 6) is -0.369. The lowest BCUT2D eigenvalue weighted by molar-refractivity contribution is 0.0696. The molecule has 0 unspecified atom stereocenters. The van der Waals surface area contributed by atoms with Gasteiger partial charge in [0.05, 0.1) is 11.1 Å². The Bertz CT molecular complexity index is 576. The maximum atomic E-state index is 10.8. The Labute approximate surface area is 92.0 Å². The molecule has 1 aliphatic carbocycles. The molecular formula is C12H10N2O2. The van der Waals surface area contributed by atoms with E-state index in [1.807, 2.05) is 6.07 Å². The highest BCUT2D eigenvalue weighted by molar-refractivity contribution is 5.92. The SMILES string of the molecule is O=C(O)c1cnc2cc(C3CC3)ncc2c1. The Balaban J connectivity index is 2.12. The van der Waals surface area contributed by atoms with E-state index in [0.717, 1.165) is 16.6 Å². The average molecular weight is 214 g/mol. The second-order valence-corrected chi connectivity index (χ2v) is 4.11. The molecule has 3 rings (SSSR count). The molecule has 0 radical (unpaired) electrons. The first-order valence-electron chi connectivity index (χ1n) is 5.23. The third kappa shape index (κ3) is 1.52. The van der Waals surface area contributed by atoms with E-state index in [1.54, 1.807) is 12.3 Å². The minimum Gasteiger partial charge on any atom is -0.478 e. The monoisotopic (exact) mass is 214 g/mol. The van der Waals surface area contributed by atoms with Crippen molar-refractivity contribution in [3.63, 3.8) is 0 Å². The fourth-order valence-corrected chi connectivity index (χ4v) is 1.76. The molecule has 0 aliphatic heterocycles. The fourth-order valence-electron chi connectivity index (χ4n) is 1.76. The van der Waals surface area contributed by atoms with Crippen LogP contribution in [0.4, 0.5) is 0 Å². The van der Waals surface area contributed by atoms with E-state index < -0.39 is 5.97 Å². The van der Waals surface area contributed by atoms with Gasteiger partial charge in [-0.3, -0.25) is 9.97 Å². The number of aromatic carboxylic acids is 1. The number of carbonyl (C=O) groups is 1. The van der Waals surface area contributed by atoms with Crippen molar-refractivity contribution >= 4 is 16.9 Å². The molecule has 2 aromatic rings. The van der Waals surface area contributed by atoms with Crippen LogP contribution in [-0.2, 0) is 0 Å². The van der Waals surface area contributed by atoms with Gasteiger partial charge >= 0.3 is 5.97 Å². The fraction of sp³-hybridized carbons (Fsp3) is 0.250. The zero-order valence-corrected chi connectivity index (χ0v) is 8.55. The normalized spacial score (nSPS) is 15.2. The van der Waals surface area contributed by atoms with Gasteiger partial charge < -0.3 is 5.11 Å². The molecule has 0 amide bonds. The lowest BCUT2D eigenvalue weighted by Crippen LogP contribution is -1.97. The van der Waals surface area contributed by atoms with Crippen LogP contribution in [0.1, 0.15) is 34.8 Å². The van der Waals surface area contributed by atoms with Gasteiger partial charge in [-0.1, -0.05) is 0 Å². The van der Waals surface area contributed by atoms with Gasteiger partial charge in [-0.05, 0) is 25.0 Å². The number of carboxylic acids is 1. The zero-order valence-electron chi connectivity index (χ0n) is 8.55. The van der Waals surface area contributed by atoms with E-state index in [0.29, 0.717) is 5.92 Å². The highest BCUT2D eigenvalue weighted by Crippen LogP contribution is 2.39. The van der Waals surface area contributed by atoms with Crippen molar-refractivity contribution in [2.75, 3.05) is 0 Å². The predicted octanol–water partition coefficient (Wildman–Crippen LogP) is 2.21. The number of nitrogens with zero attached hydrogens (tertiary/aromatic N) is 2. The van der Waals surface area contributed by atoms with Gasteiger partial charge in [-0.25, -0.2) is 4.79 Å². The molecule has 2 aromatic heterocycles. The summed E-state index contributed by atoms with van der Waals surface area (Å²) < 4.78 is 0. The van der Waals surface area contributed by atoms with E-state index in [4.69, 9.17) is 5.11 Å². The number of hydrogen-bond donors (Lipinski definition) is 1. The number of pyridine rings is 2. The summed E-state index contributed by atoms with van der Waals surface area (Å²) in [5.41, 5.74) is 2.10. The molecular weight excluding hydrogens is 204 g/mol. The summed E-state index contributed by atoms with van der Waals surface area (Å²) in [6, 6.07) is 3.56. The molecule has 1 saturated carbocycles. The molecule has 1 N–H and O–H groups in total. The second-order valence-electron chi connectivity index (χ2n) is 4.11. The topological polar surface area (TPSA) is 63.1 Å². The summed E-state index contributed by atoms with van der Waals surface area (Å²) in [6.07, 6.45) is 5.50. The lowest BCUT2D eigenvalue weighted by Gasteiger charge is -2.01. The number of hydrogen-bond acceptors (Lipinski definition) is 3. The molecule has 0 spiro atoms. The average Bonchev–Trinajstić information content (AvgIpc) is 3.11. The Morgan fingerprint density at radius 2 is 2.06 bits per heavy atom. The molecule has 2 heterocycles. The van der Waals surface area contributed by atoms with Crippen molar-refractivity contribution in [2.24, 2.45) is 0 Å². The van der Waals surface area contributed by atoms with Gasteiger partial charge in [-0.2, -0.15) is 0 Å². The van der Waals surface area contributed by atoms with Gasteiger partial charge in [-0.15, -0.1) is 0 Å². The van der Waals surface area contributed by atoms with E-state index in [1.165, 1.54) is 19.0 Å². The van der Waals surface area contributed by atoms with E-state index in [2.05, 4.69) is 9.97 Å². The number of rotatable bonds is 2.